The number of aliphatic carboxylic acids is 1. The van der Waals surface area contributed by atoms with Crippen molar-refractivity contribution in [2.24, 2.45) is 0 Å². The molecule has 2 aromatic carbocycles. The van der Waals surface area contributed by atoms with E-state index in [1.54, 1.807) is 42.5 Å². The van der Waals surface area contributed by atoms with Crippen molar-refractivity contribution < 1.29 is 18.3 Å². The molecular formula is C15H15NO4S. The topological polar surface area (TPSA) is 83.5 Å². The second kappa shape index (κ2) is 6.41. The van der Waals surface area contributed by atoms with E-state index in [1.807, 2.05) is 0 Å². The summed E-state index contributed by atoms with van der Waals surface area (Å²) in [4.78, 5) is 10.8. The molecule has 2 N–H and O–H groups in total. The third kappa shape index (κ3) is 4.06. The van der Waals surface area contributed by atoms with Crippen LogP contribution in [0, 0.1) is 0 Å². The number of carbonyl (C=O) groups is 1. The van der Waals surface area contributed by atoms with Crippen molar-refractivity contribution >= 4 is 21.7 Å². The summed E-state index contributed by atoms with van der Waals surface area (Å²) >= 11 is 0. The molecule has 0 aliphatic rings. The number of anilines is 1. The first-order valence-electron chi connectivity index (χ1n) is 6.36. The van der Waals surface area contributed by atoms with Crippen molar-refractivity contribution in [3.8, 4) is 0 Å². The lowest BCUT2D eigenvalue weighted by atomic mass is 10.1. The zero-order chi connectivity index (χ0) is 15.3. The minimum absolute atomic E-state index is 0.0515. The number of hydrogen-bond donors (Lipinski definition) is 2. The first-order valence-corrected chi connectivity index (χ1v) is 7.85. The molecule has 0 saturated heterocycles. The highest BCUT2D eigenvalue weighted by Crippen LogP contribution is 2.21. The average molecular weight is 305 g/mol. The number of sulfonamides is 1. The van der Waals surface area contributed by atoms with E-state index in [0.29, 0.717) is 11.3 Å². The van der Waals surface area contributed by atoms with Crippen LogP contribution in [0.25, 0.3) is 0 Å². The molecule has 0 amide bonds. The quantitative estimate of drug-likeness (QED) is 0.859. The minimum atomic E-state index is -3.67. The van der Waals surface area contributed by atoms with Crippen LogP contribution in [0.5, 0.6) is 0 Å². The number of rotatable bonds is 6. The van der Waals surface area contributed by atoms with Crippen molar-refractivity contribution in [2.75, 3.05) is 4.72 Å². The van der Waals surface area contributed by atoms with Crippen LogP contribution in [0.2, 0.25) is 0 Å². The van der Waals surface area contributed by atoms with Crippen LogP contribution in [0.15, 0.2) is 59.5 Å². The van der Waals surface area contributed by atoms with Gasteiger partial charge in [-0.15, -0.1) is 0 Å². The Kier molecular flexibility index (Phi) is 4.59. The highest BCUT2D eigenvalue weighted by Gasteiger charge is 2.15. The van der Waals surface area contributed by atoms with Crippen molar-refractivity contribution in [1.82, 2.24) is 0 Å². The van der Waals surface area contributed by atoms with Gasteiger partial charge in [0.2, 0.25) is 0 Å². The normalized spacial score (nSPS) is 11.0. The summed E-state index contributed by atoms with van der Waals surface area (Å²) in [5.41, 5.74) is 1.06. The van der Waals surface area contributed by atoms with Crippen LogP contribution in [0.4, 0.5) is 5.69 Å². The van der Waals surface area contributed by atoms with Gasteiger partial charge in [-0.3, -0.25) is 9.52 Å². The Balaban J connectivity index is 2.25. The number of carboxylic acid groups (broad SMARTS) is 1. The van der Waals surface area contributed by atoms with Gasteiger partial charge in [0.05, 0.1) is 10.6 Å². The van der Waals surface area contributed by atoms with Gasteiger partial charge in [-0.1, -0.05) is 36.4 Å². The summed E-state index contributed by atoms with van der Waals surface area (Å²) in [6.45, 7) is 0. The molecule has 0 aliphatic carbocycles. The molecule has 0 atom stereocenters. The van der Waals surface area contributed by atoms with Gasteiger partial charge in [0, 0.05) is 6.42 Å². The Labute approximate surface area is 123 Å². The monoisotopic (exact) mass is 305 g/mol. The zero-order valence-corrected chi connectivity index (χ0v) is 12.0. The first-order chi connectivity index (χ1) is 9.99. The molecule has 0 aromatic heterocycles. The number of aryl methyl sites for hydroxylation is 1. The predicted molar refractivity (Wildman–Crippen MR) is 79.6 cm³/mol. The van der Waals surface area contributed by atoms with Crippen LogP contribution in [0.3, 0.4) is 0 Å². The Morgan fingerprint density at radius 3 is 2.29 bits per heavy atom. The Morgan fingerprint density at radius 1 is 1.00 bits per heavy atom. The lowest BCUT2D eigenvalue weighted by molar-refractivity contribution is -0.136. The van der Waals surface area contributed by atoms with Gasteiger partial charge in [0.15, 0.2) is 0 Å². The molecule has 0 fully saturated rings. The molecule has 110 valence electrons. The van der Waals surface area contributed by atoms with Gasteiger partial charge in [0.25, 0.3) is 10.0 Å². The molecule has 0 spiro atoms. The maximum atomic E-state index is 12.3. The molecule has 2 rings (SSSR count). The molecule has 0 bridgehead atoms. The van der Waals surface area contributed by atoms with E-state index in [1.165, 1.54) is 12.1 Å². The Hall–Kier alpha value is -2.34. The molecular weight excluding hydrogens is 290 g/mol. The van der Waals surface area contributed by atoms with E-state index >= 15 is 0 Å². The molecule has 0 radical (unpaired) electrons. The zero-order valence-electron chi connectivity index (χ0n) is 11.2. The highest BCUT2D eigenvalue weighted by atomic mass is 32.2. The van der Waals surface area contributed by atoms with E-state index in [-0.39, 0.29) is 17.7 Å². The maximum absolute atomic E-state index is 12.3. The standard InChI is InChI=1S/C15H15NO4S/c17-15(18)11-10-12-6-4-5-9-14(12)16-21(19,20)13-7-2-1-3-8-13/h1-9,16H,10-11H2,(H,17,18). The number of nitrogens with one attached hydrogen (secondary N) is 1. The van der Waals surface area contributed by atoms with E-state index in [9.17, 15) is 13.2 Å². The minimum Gasteiger partial charge on any atom is -0.481 e. The van der Waals surface area contributed by atoms with Gasteiger partial charge in [-0.25, -0.2) is 8.42 Å². The second-order valence-electron chi connectivity index (χ2n) is 4.47. The van der Waals surface area contributed by atoms with Crippen LogP contribution < -0.4 is 4.72 Å². The largest absolute Gasteiger partial charge is 0.481 e. The Bertz CT molecular complexity index is 726. The number of hydrogen-bond acceptors (Lipinski definition) is 3. The molecule has 0 aliphatic heterocycles. The number of benzene rings is 2. The summed E-state index contributed by atoms with van der Waals surface area (Å²) in [6.07, 6.45) is 0.215. The number of para-hydroxylation sites is 1. The summed E-state index contributed by atoms with van der Waals surface area (Å²) in [5.74, 6) is -0.921. The molecule has 0 saturated carbocycles. The summed E-state index contributed by atoms with van der Waals surface area (Å²) in [5, 5.41) is 8.74. The summed E-state index contributed by atoms with van der Waals surface area (Å²) in [7, 11) is -3.67. The van der Waals surface area contributed by atoms with Crippen molar-refractivity contribution in [1.29, 1.82) is 0 Å². The van der Waals surface area contributed by atoms with Crippen molar-refractivity contribution in [3.63, 3.8) is 0 Å². The van der Waals surface area contributed by atoms with Gasteiger partial charge >= 0.3 is 5.97 Å². The maximum Gasteiger partial charge on any atom is 0.303 e. The Morgan fingerprint density at radius 2 is 1.62 bits per heavy atom. The van der Waals surface area contributed by atoms with E-state index in [0.717, 1.165) is 0 Å². The van der Waals surface area contributed by atoms with Crippen molar-refractivity contribution in [2.45, 2.75) is 17.7 Å². The molecule has 5 nitrogen and oxygen atoms in total. The van der Waals surface area contributed by atoms with Crippen LogP contribution in [-0.2, 0) is 21.2 Å². The highest BCUT2D eigenvalue weighted by molar-refractivity contribution is 7.92. The van der Waals surface area contributed by atoms with Gasteiger partial charge < -0.3 is 5.11 Å². The molecule has 0 unspecified atom stereocenters. The molecule has 0 heterocycles. The van der Waals surface area contributed by atoms with E-state index < -0.39 is 16.0 Å². The molecule has 2 aromatic rings. The fourth-order valence-corrected chi connectivity index (χ4v) is 3.00. The summed E-state index contributed by atoms with van der Waals surface area (Å²) < 4.78 is 27.0. The predicted octanol–water partition coefficient (Wildman–Crippen LogP) is 2.50. The van der Waals surface area contributed by atoms with Crippen LogP contribution in [0.1, 0.15) is 12.0 Å². The van der Waals surface area contributed by atoms with Gasteiger partial charge in [-0.2, -0.15) is 0 Å². The molecule has 21 heavy (non-hydrogen) atoms. The second-order valence-corrected chi connectivity index (χ2v) is 6.15. The third-order valence-corrected chi connectivity index (χ3v) is 4.30. The SMILES string of the molecule is O=C(O)CCc1ccccc1NS(=O)(=O)c1ccccc1. The van der Waals surface area contributed by atoms with Crippen LogP contribution in [-0.4, -0.2) is 19.5 Å². The third-order valence-electron chi connectivity index (χ3n) is 2.92. The summed E-state index contributed by atoms with van der Waals surface area (Å²) in [6, 6.07) is 14.8. The smallest absolute Gasteiger partial charge is 0.303 e. The lowest BCUT2D eigenvalue weighted by Gasteiger charge is -2.12. The van der Waals surface area contributed by atoms with Crippen LogP contribution >= 0.6 is 0 Å². The first kappa shape index (κ1) is 15.1. The fraction of sp³-hybridized carbons (Fsp3) is 0.133. The number of carboxylic acids is 1. The fourth-order valence-electron chi connectivity index (χ4n) is 1.88. The van der Waals surface area contributed by atoms with Gasteiger partial charge in [0.1, 0.15) is 0 Å². The van der Waals surface area contributed by atoms with E-state index in [4.69, 9.17) is 5.11 Å². The van der Waals surface area contributed by atoms with Crippen molar-refractivity contribution in [3.05, 3.63) is 60.2 Å². The van der Waals surface area contributed by atoms with E-state index in [2.05, 4.69) is 4.72 Å². The average Bonchev–Trinajstić information content (AvgIpc) is 2.47. The lowest BCUT2D eigenvalue weighted by Crippen LogP contribution is -2.14. The molecule has 6 heteroatoms. The van der Waals surface area contributed by atoms with Gasteiger partial charge in [-0.05, 0) is 30.2 Å².